The molecule has 3 heteroatoms. The van der Waals surface area contributed by atoms with Crippen LogP contribution in [0, 0.1) is 18.6 Å². The second kappa shape index (κ2) is 3.02. The van der Waals surface area contributed by atoms with E-state index in [9.17, 15) is 8.78 Å². The van der Waals surface area contributed by atoms with Gasteiger partial charge in [-0.05, 0) is 49.4 Å². The average Bonchev–Trinajstić information content (AvgIpc) is 2.80. The van der Waals surface area contributed by atoms with E-state index in [2.05, 4.69) is 0 Å². The Morgan fingerprint density at radius 3 is 2.43 bits per heavy atom. The average molecular weight is 197 g/mol. The van der Waals surface area contributed by atoms with Crippen molar-refractivity contribution in [3.8, 4) is 0 Å². The molecule has 2 rings (SSSR count). The topological polar surface area (TPSA) is 26.0 Å². The van der Waals surface area contributed by atoms with E-state index in [4.69, 9.17) is 5.73 Å². The van der Waals surface area contributed by atoms with Gasteiger partial charge in [-0.25, -0.2) is 8.78 Å². The highest BCUT2D eigenvalue weighted by atomic mass is 19.2. The summed E-state index contributed by atoms with van der Waals surface area (Å²) in [5, 5.41) is 0. The Balaban J connectivity index is 2.29. The zero-order chi connectivity index (χ0) is 10.3. The largest absolute Gasteiger partial charge is 0.325 e. The van der Waals surface area contributed by atoms with E-state index in [-0.39, 0.29) is 5.54 Å². The molecule has 76 valence electrons. The van der Waals surface area contributed by atoms with Crippen molar-refractivity contribution in [3.05, 3.63) is 34.9 Å². The molecule has 0 atom stereocenters. The third-order valence-corrected chi connectivity index (χ3v) is 2.81. The van der Waals surface area contributed by atoms with E-state index in [1.54, 1.807) is 6.92 Å². The maximum absolute atomic E-state index is 12.9. The van der Waals surface area contributed by atoms with Gasteiger partial charge in [0.15, 0.2) is 11.6 Å². The van der Waals surface area contributed by atoms with E-state index in [1.807, 2.05) is 0 Å². The van der Waals surface area contributed by atoms with Crippen LogP contribution in [0.2, 0.25) is 0 Å². The molecule has 0 spiro atoms. The van der Waals surface area contributed by atoms with Gasteiger partial charge in [0.05, 0.1) is 0 Å². The lowest BCUT2D eigenvalue weighted by Gasteiger charge is -2.11. The van der Waals surface area contributed by atoms with Gasteiger partial charge in [0.25, 0.3) is 0 Å². The summed E-state index contributed by atoms with van der Waals surface area (Å²) >= 11 is 0. The highest BCUT2D eigenvalue weighted by molar-refractivity contribution is 5.30. The summed E-state index contributed by atoms with van der Waals surface area (Å²) in [5.74, 6) is -1.57. The number of hydrogen-bond donors (Lipinski definition) is 1. The van der Waals surface area contributed by atoms with Crippen molar-refractivity contribution in [2.75, 3.05) is 0 Å². The molecule has 0 aliphatic heterocycles. The molecule has 1 aromatic rings. The van der Waals surface area contributed by atoms with Crippen molar-refractivity contribution >= 4 is 0 Å². The van der Waals surface area contributed by atoms with Crippen LogP contribution in [0.15, 0.2) is 12.1 Å². The fourth-order valence-electron chi connectivity index (χ4n) is 1.59. The molecule has 0 radical (unpaired) electrons. The molecule has 1 nitrogen and oxygen atoms in total. The van der Waals surface area contributed by atoms with Gasteiger partial charge in [0.1, 0.15) is 0 Å². The van der Waals surface area contributed by atoms with Crippen LogP contribution < -0.4 is 5.73 Å². The smallest absolute Gasteiger partial charge is 0.159 e. The second-order valence-electron chi connectivity index (χ2n) is 4.23. The first kappa shape index (κ1) is 9.59. The van der Waals surface area contributed by atoms with Gasteiger partial charge in [0, 0.05) is 5.54 Å². The van der Waals surface area contributed by atoms with Crippen LogP contribution >= 0.6 is 0 Å². The molecular formula is C11H13F2N. The van der Waals surface area contributed by atoms with Gasteiger partial charge in [-0.3, -0.25) is 0 Å². The summed E-state index contributed by atoms with van der Waals surface area (Å²) in [6, 6.07) is 2.49. The monoisotopic (exact) mass is 197 g/mol. The Kier molecular flexibility index (Phi) is 2.07. The van der Waals surface area contributed by atoms with E-state index >= 15 is 0 Å². The number of halogens is 2. The summed E-state index contributed by atoms with van der Waals surface area (Å²) in [5.41, 5.74) is 7.36. The van der Waals surface area contributed by atoms with E-state index < -0.39 is 11.6 Å². The standard InChI is InChI=1S/C11H13F2N/c1-7-4-9(12)10(13)5-8(7)6-11(14)2-3-11/h4-5H,2-3,6,14H2,1H3. The van der Waals surface area contributed by atoms with E-state index in [0.29, 0.717) is 6.42 Å². The lowest BCUT2D eigenvalue weighted by atomic mass is 10.00. The molecule has 2 N–H and O–H groups in total. The lowest BCUT2D eigenvalue weighted by Crippen LogP contribution is -2.25. The van der Waals surface area contributed by atoms with Crippen LogP contribution in [0.3, 0.4) is 0 Å². The molecule has 0 unspecified atom stereocenters. The van der Waals surface area contributed by atoms with Crippen LogP contribution in [0.4, 0.5) is 8.78 Å². The zero-order valence-corrected chi connectivity index (χ0v) is 8.11. The Hall–Kier alpha value is -0.960. The molecule has 1 aliphatic carbocycles. The summed E-state index contributed by atoms with van der Waals surface area (Å²) in [6.45, 7) is 1.78. The molecule has 1 saturated carbocycles. The second-order valence-corrected chi connectivity index (χ2v) is 4.23. The zero-order valence-electron chi connectivity index (χ0n) is 8.11. The van der Waals surface area contributed by atoms with Crippen LogP contribution in [-0.4, -0.2) is 5.54 Å². The maximum Gasteiger partial charge on any atom is 0.159 e. The maximum atomic E-state index is 12.9. The fraction of sp³-hybridized carbons (Fsp3) is 0.455. The van der Waals surface area contributed by atoms with E-state index in [0.717, 1.165) is 24.0 Å². The van der Waals surface area contributed by atoms with Crippen molar-refractivity contribution in [1.29, 1.82) is 0 Å². The summed E-state index contributed by atoms with van der Waals surface area (Å²) < 4.78 is 25.7. The predicted octanol–water partition coefficient (Wildman–Crippen LogP) is 2.31. The minimum absolute atomic E-state index is 0.158. The van der Waals surface area contributed by atoms with Crippen molar-refractivity contribution in [2.45, 2.75) is 31.7 Å². The Morgan fingerprint density at radius 2 is 1.86 bits per heavy atom. The first-order valence-corrected chi connectivity index (χ1v) is 4.74. The fourth-order valence-corrected chi connectivity index (χ4v) is 1.59. The summed E-state index contributed by atoms with van der Waals surface area (Å²) in [7, 11) is 0. The Labute approximate surface area is 81.9 Å². The Bertz CT molecular complexity index is 370. The molecule has 0 bridgehead atoms. The van der Waals surface area contributed by atoms with Gasteiger partial charge in [0.2, 0.25) is 0 Å². The molecule has 0 heterocycles. The number of nitrogens with two attached hydrogens (primary N) is 1. The minimum Gasteiger partial charge on any atom is -0.325 e. The third kappa shape index (κ3) is 1.77. The molecule has 0 aromatic heterocycles. The van der Waals surface area contributed by atoms with Gasteiger partial charge >= 0.3 is 0 Å². The van der Waals surface area contributed by atoms with Gasteiger partial charge in [-0.15, -0.1) is 0 Å². The quantitative estimate of drug-likeness (QED) is 0.773. The summed E-state index contributed by atoms with van der Waals surface area (Å²) in [6.07, 6.45) is 2.60. The molecule has 0 amide bonds. The number of rotatable bonds is 2. The van der Waals surface area contributed by atoms with Crippen LogP contribution in [0.25, 0.3) is 0 Å². The van der Waals surface area contributed by atoms with Crippen LogP contribution in [-0.2, 0) is 6.42 Å². The van der Waals surface area contributed by atoms with E-state index in [1.165, 1.54) is 12.1 Å². The molecular weight excluding hydrogens is 184 g/mol. The number of aryl methyl sites for hydroxylation is 1. The number of hydrogen-bond acceptors (Lipinski definition) is 1. The number of benzene rings is 1. The first-order chi connectivity index (χ1) is 6.50. The predicted molar refractivity (Wildman–Crippen MR) is 51.0 cm³/mol. The molecule has 1 fully saturated rings. The highest BCUT2D eigenvalue weighted by Crippen LogP contribution is 2.36. The third-order valence-electron chi connectivity index (χ3n) is 2.81. The van der Waals surface area contributed by atoms with Crippen LogP contribution in [0.5, 0.6) is 0 Å². The SMILES string of the molecule is Cc1cc(F)c(F)cc1CC1(N)CC1. The molecule has 1 aromatic carbocycles. The normalized spacial score (nSPS) is 18.3. The minimum atomic E-state index is -0.784. The van der Waals surface area contributed by atoms with Crippen molar-refractivity contribution < 1.29 is 8.78 Å². The highest BCUT2D eigenvalue weighted by Gasteiger charge is 2.38. The molecule has 0 saturated heterocycles. The van der Waals surface area contributed by atoms with Gasteiger partial charge in [-0.2, -0.15) is 0 Å². The lowest BCUT2D eigenvalue weighted by molar-refractivity contribution is 0.504. The van der Waals surface area contributed by atoms with Crippen molar-refractivity contribution in [3.63, 3.8) is 0 Å². The van der Waals surface area contributed by atoms with Gasteiger partial charge in [-0.1, -0.05) is 0 Å². The molecule has 14 heavy (non-hydrogen) atoms. The van der Waals surface area contributed by atoms with Crippen molar-refractivity contribution in [1.82, 2.24) is 0 Å². The summed E-state index contributed by atoms with van der Waals surface area (Å²) in [4.78, 5) is 0. The molecule has 1 aliphatic rings. The van der Waals surface area contributed by atoms with Crippen LogP contribution in [0.1, 0.15) is 24.0 Å². The van der Waals surface area contributed by atoms with Gasteiger partial charge < -0.3 is 5.73 Å². The van der Waals surface area contributed by atoms with Crippen molar-refractivity contribution in [2.24, 2.45) is 5.73 Å². The first-order valence-electron chi connectivity index (χ1n) is 4.74. The Morgan fingerprint density at radius 1 is 1.29 bits per heavy atom.